The van der Waals surface area contributed by atoms with Gasteiger partial charge in [-0.15, -0.1) is 10.2 Å². The Morgan fingerprint density at radius 2 is 1.66 bits per heavy atom. The number of aromatic nitrogens is 3. The fourth-order valence-corrected chi connectivity index (χ4v) is 4.38. The second kappa shape index (κ2) is 8.82. The Labute approximate surface area is 175 Å². The lowest BCUT2D eigenvalue weighted by Gasteiger charge is -2.22. The second-order valence-electron chi connectivity index (χ2n) is 7.38. The maximum atomic E-state index is 13.1. The smallest absolute Gasteiger partial charge is 0.234 e. The van der Waals surface area contributed by atoms with Gasteiger partial charge >= 0.3 is 0 Å². The SMILES string of the molecule is CCn1c(SC(C)C(=O)NC(c2ccccc2)c2ccccc2)nnc1C1CC1. The first-order valence-electron chi connectivity index (χ1n) is 10.2. The van der Waals surface area contributed by atoms with Gasteiger partial charge in [0.25, 0.3) is 0 Å². The van der Waals surface area contributed by atoms with Crippen LogP contribution in [0.5, 0.6) is 0 Å². The van der Waals surface area contributed by atoms with Crippen molar-refractivity contribution in [2.75, 3.05) is 0 Å². The molecule has 0 aliphatic heterocycles. The lowest BCUT2D eigenvalue weighted by Crippen LogP contribution is -2.35. The van der Waals surface area contributed by atoms with Crippen LogP contribution in [0, 0.1) is 0 Å². The zero-order valence-corrected chi connectivity index (χ0v) is 17.6. The van der Waals surface area contributed by atoms with E-state index in [4.69, 9.17) is 0 Å². The van der Waals surface area contributed by atoms with Crippen molar-refractivity contribution in [2.45, 2.75) is 55.6 Å². The van der Waals surface area contributed by atoms with E-state index in [-0.39, 0.29) is 17.2 Å². The van der Waals surface area contributed by atoms with E-state index >= 15 is 0 Å². The zero-order valence-electron chi connectivity index (χ0n) is 16.8. The van der Waals surface area contributed by atoms with E-state index in [1.165, 1.54) is 24.6 Å². The van der Waals surface area contributed by atoms with E-state index in [1.54, 1.807) is 0 Å². The highest BCUT2D eigenvalue weighted by Crippen LogP contribution is 2.40. The first-order valence-corrected chi connectivity index (χ1v) is 11.0. The van der Waals surface area contributed by atoms with Crippen molar-refractivity contribution < 1.29 is 4.79 Å². The average molecular weight is 407 g/mol. The first-order chi connectivity index (χ1) is 14.2. The molecule has 1 fully saturated rings. The lowest BCUT2D eigenvalue weighted by molar-refractivity contribution is -0.120. The van der Waals surface area contributed by atoms with Gasteiger partial charge < -0.3 is 9.88 Å². The summed E-state index contributed by atoms with van der Waals surface area (Å²) in [6, 6.07) is 20.0. The molecule has 0 radical (unpaired) electrons. The highest BCUT2D eigenvalue weighted by atomic mass is 32.2. The first kappa shape index (κ1) is 19.7. The molecule has 3 aromatic rings. The lowest BCUT2D eigenvalue weighted by atomic mass is 9.98. The Balaban J connectivity index is 1.50. The number of nitrogens with one attached hydrogen (secondary N) is 1. The fraction of sp³-hybridized carbons (Fsp3) is 0.348. The Hall–Kier alpha value is -2.60. The topological polar surface area (TPSA) is 59.8 Å². The quantitative estimate of drug-likeness (QED) is 0.557. The van der Waals surface area contributed by atoms with Crippen LogP contribution in [-0.2, 0) is 11.3 Å². The molecule has 6 heteroatoms. The molecule has 2 aromatic carbocycles. The van der Waals surface area contributed by atoms with Gasteiger partial charge in [-0.1, -0.05) is 72.4 Å². The Bertz CT molecular complexity index is 914. The number of thioether (sulfide) groups is 1. The molecule has 0 spiro atoms. The average Bonchev–Trinajstić information content (AvgIpc) is 3.53. The molecule has 1 aromatic heterocycles. The molecule has 1 atom stereocenters. The molecule has 1 aliphatic carbocycles. The van der Waals surface area contributed by atoms with Gasteiger partial charge in [0.1, 0.15) is 5.82 Å². The van der Waals surface area contributed by atoms with Crippen LogP contribution in [0.2, 0.25) is 0 Å². The monoisotopic (exact) mass is 406 g/mol. The molecular weight excluding hydrogens is 380 g/mol. The minimum atomic E-state index is -0.272. The van der Waals surface area contributed by atoms with Crippen molar-refractivity contribution in [3.63, 3.8) is 0 Å². The van der Waals surface area contributed by atoms with Gasteiger partial charge in [0.05, 0.1) is 11.3 Å². The van der Waals surface area contributed by atoms with Crippen molar-refractivity contribution >= 4 is 17.7 Å². The summed E-state index contributed by atoms with van der Waals surface area (Å²) in [7, 11) is 0. The van der Waals surface area contributed by atoms with E-state index in [1.807, 2.05) is 67.6 Å². The molecule has 0 bridgehead atoms. The van der Waals surface area contributed by atoms with E-state index < -0.39 is 0 Å². The summed E-state index contributed by atoms with van der Waals surface area (Å²) < 4.78 is 2.15. The summed E-state index contributed by atoms with van der Waals surface area (Å²) in [5.41, 5.74) is 2.13. The molecule has 4 rings (SSSR count). The predicted molar refractivity (Wildman–Crippen MR) is 116 cm³/mol. The van der Waals surface area contributed by atoms with Crippen LogP contribution in [0.1, 0.15) is 55.6 Å². The number of carbonyl (C=O) groups excluding carboxylic acids is 1. The van der Waals surface area contributed by atoms with Crippen LogP contribution in [0.15, 0.2) is 65.8 Å². The number of nitrogens with zero attached hydrogens (tertiary/aromatic N) is 3. The van der Waals surface area contributed by atoms with Crippen LogP contribution in [0.4, 0.5) is 0 Å². The zero-order chi connectivity index (χ0) is 20.2. The van der Waals surface area contributed by atoms with Crippen molar-refractivity contribution in [3.05, 3.63) is 77.6 Å². The summed E-state index contributed by atoms with van der Waals surface area (Å²) >= 11 is 1.48. The summed E-state index contributed by atoms with van der Waals surface area (Å²) in [5, 5.41) is 12.5. The molecule has 0 saturated heterocycles. The summed E-state index contributed by atoms with van der Waals surface area (Å²) in [5.74, 6) is 1.60. The van der Waals surface area contributed by atoms with Crippen molar-refractivity contribution in [2.24, 2.45) is 0 Å². The molecule has 1 amide bonds. The van der Waals surface area contributed by atoms with Crippen molar-refractivity contribution in [3.8, 4) is 0 Å². The normalized spacial score (nSPS) is 14.7. The molecule has 1 heterocycles. The molecule has 1 saturated carbocycles. The Kier molecular flexibility index (Phi) is 6.00. The maximum absolute atomic E-state index is 13.1. The number of hydrogen-bond acceptors (Lipinski definition) is 4. The second-order valence-corrected chi connectivity index (χ2v) is 8.69. The van der Waals surface area contributed by atoms with Gasteiger partial charge in [-0.05, 0) is 37.8 Å². The molecule has 150 valence electrons. The minimum Gasteiger partial charge on any atom is -0.344 e. The van der Waals surface area contributed by atoms with E-state index in [2.05, 4.69) is 27.0 Å². The van der Waals surface area contributed by atoms with Crippen LogP contribution >= 0.6 is 11.8 Å². The van der Waals surface area contributed by atoms with Gasteiger partial charge in [0.15, 0.2) is 5.16 Å². The standard InChI is InChI=1S/C23H26N4OS/c1-3-27-21(19-14-15-19)25-26-23(27)29-16(2)22(28)24-20(17-10-6-4-7-11-17)18-12-8-5-9-13-18/h4-13,16,19-20H,3,14-15H2,1-2H3,(H,24,28). The number of amides is 1. The fourth-order valence-electron chi connectivity index (χ4n) is 3.45. The molecule has 1 unspecified atom stereocenters. The molecular formula is C23H26N4OS. The summed E-state index contributed by atoms with van der Waals surface area (Å²) in [6.07, 6.45) is 2.38. The number of carbonyl (C=O) groups is 1. The van der Waals surface area contributed by atoms with Crippen LogP contribution in [-0.4, -0.2) is 25.9 Å². The van der Waals surface area contributed by atoms with E-state index in [0.29, 0.717) is 5.92 Å². The summed E-state index contributed by atoms with van der Waals surface area (Å²) in [6.45, 7) is 4.86. The highest BCUT2D eigenvalue weighted by Gasteiger charge is 2.31. The van der Waals surface area contributed by atoms with Crippen molar-refractivity contribution in [1.29, 1.82) is 0 Å². The van der Waals surface area contributed by atoms with Gasteiger partial charge in [0, 0.05) is 12.5 Å². The van der Waals surface area contributed by atoms with E-state index in [0.717, 1.165) is 28.7 Å². The third-order valence-electron chi connectivity index (χ3n) is 5.21. The van der Waals surface area contributed by atoms with Crippen molar-refractivity contribution in [1.82, 2.24) is 20.1 Å². The summed E-state index contributed by atoms with van der Waals surface area (Å²) in [4.78, 5) is 13.1. The van der Waals surface area contributed by atoms with E-state index in [9.17, 15) is 4.79 Å². The van der Waals surface area contributed by atoms with Gasteiger partial charge in [-0.25, -0.2) is 0 Å². The Morgan fingerprint density at radius 1 is 1.07 bits per heavy atom. The third kappa shape index (κ3) is 4.53. The number of benzene rings is 2. The number of hydrogen-bond donors (Lipinski definition) is 1. The van der Waals surface area contributed by atoms with Crippen LogP contribution in [0.3, 0.4) is 0 Å². The molecule has 1 aliphatic rings. The van der Waals surface area contributed by atoms with Gasteiger partial charge in [-0.2, -0.15) is 0 Å². The van der Waals surface area contributed by atoms with Gasteiger partial charge in [0.2, 0.25) is 5.91 Å². The third-order valence-corrected chi connectivity index (χ3v) is 6.29. The Morgan fingerprint density at radius 3 is 2.17 bits per heavy atom. The van der Waals surface area contributed by atoms with Crippen LogP contribution < -0.4 is 5.32 Å². The largest absolute Gasteiger partial charge is 0.344 e. The van der Waals surface area contributed by atoms with Crippen LogP contribution in [0.25, 0.3) is 0 Å². The minimum absolute atomic E-state index is 0.00803. The maximum Gasteiger partial charge on any atom is 0.234 e. The highest BCUT2D eigenvalue weighted by molar-refractivity contribution is 8.00. The molecule has 29 heavy (non-hydrogen) atoms. The number of rotatable bonds is 8. The molecule has 5 nitrogen and oxygen atoms in total. The van der Waals surface area contributed by atoms with Gasteiger partial charge in [-0.3, -0.25) is 4.79 Å². The predicted octanol–water partition coefficient (Wildman–Crippen LogP) is 4.56. The molecule has 1 N–H and O–H groups in total.